The summed E-state index contributed by atoms with van der Waals surface area (Å²) >= 11 is 14.2. The molecule has 0 aliphatic heterocycles. The lowest BCUT2D eigenvalue weighted by Gasteiger charge is -2.06. The van der Waals surface area contributed by atoms with Crippen LogP contribution in [0, 0.1) is 6.92 Å². The molecule has 1 aromatic heterocycles. The first-order valence-electron chi connectivity index (χ1n) is 4.40. The third-order valence-corrected chi connectivity index (χ3v) is 3.47. The molecule has 78 valence electrons. The van der Waals surface area contributed by atoms with Gasteiger partial charge in [0.1, 0.15) is 0 Å². The molecule has 2 nitrogen and oxygen atoms in total. The van der Waals surface area contributed by atoms with Crippen LogP contribution in [-0.4, -0.2) is 14.6 Å². The fourth-order valence-corrected chi connectivity index (χ4v) is 2.15. The third-order valence-electron chi connectivity index (χ3n) is 2.05. The summed E-state index contributed by atoms with van der Waals surface area (Å²) in [6.45, 7) is 1.93. The van der Waals surface area contributed by atoms with Gasteiger partial charge in [-0.2, -0.15) is 0 Å². The lowest BCUT2D eigenvalue weighted by Crippen LogP contribution is -1.98. The standard InChI is InChI=1S/C9H11Cl2IN2/c1-6-7(4-2-3-5-12)9(11)14-13-8(6)10/h2-5H2,1H3. The summed E-state index contributed by atoms with van der Waals surface area (Å²) in [6, 6.07) is 0. The van der Waals surface area contributed by atoms with Gasteiger partial charge in [-0.05, 0) is 41.7 Å². The highest BCUT2D eigenvalue weighted by molar-refractivity contribution is 14.1. The van der Waals surface area contributed by atoms with E-state index < -0.39 is 0 Å². The SMILES string of the molecule is Cc1c(Cl)nnc(Cl)c1CCCCI. The van der Waals surface area contributed by atoms with Crippen molar-refractivity contribution in [3.63, 3.8) is 0 Å². The average molecular weight is 345 g/mol. The first-order chi connectivity index (χ1) is 6.66. The smallest absolute Gasteiger partial charge is 0.137 e. The van der Waals surface area contributed by atoms with Crippen LogP contribution in [0.15, 0.2) is 0 Å². The molecule has 0 saturated carbocycles. The van der Waals surface area contributed by atoms with Gasteiger partial charge < -0.3 is 0 Å². The number of halogens is 3. The molecule has 5 heteroatoms. The molecule has 0 amide bonds. The first kappa shape index (κ1) is 12.5. The Morgan fingerprint density at radius 1 is 1.14 bits per heavy atom. The van der Waals surface area contributed by atoms with Crippen molar-refractivity contribution in [1.29, 1.82) is 0 Å². The monoisotopic (exact) mass is 344 g/mol. The minimum atomic E-state index is 0.457. The molecule has 1 heterocycles. The van der Waals surface area contributed by atoms with Gasteiger partial charge in [0.05, 0.1) is 0 Å². The van der Waals surface area contributed by atoms with E-state index in [2.05, 4.69) is 32.8 Å². The van der Waals surface area contributed by atoms with Crippen LogP contribution in [0.5, 0.6) is 0 Å². The van der Waals surface area contributed by atoms with E-state index in [9.17, 15) is 0 Å². The van der Waals surface area contributed by atoms with Gasteiger partial charge in [0, 0.05) is 0 Å². The lowest BCUT2D eigenvalue weighted by atomic mass is 10.1. The normalized spacial score (nSPS) is 10.6. The molecule has 0 radical (unpaired) electrons. The molecule has 0 spiro atoms. The molecule has 1 rings (SSSR count). The quantitative estimate of drug-likeness (QED) is 0.471. The summed E-state index contributed by atoms with van der Waals surface area (Å²) in [4.78, 5) is 0. The number of hydrogen-bond acceptors (Lipinski definition) is 2. The Kier molecular flexibility index (Phi) is 5.41. The van der Waals surface area contributed by atoms with Crippen LogP contribution in [0.3, 0.4) is 0 Å². The lowest BCUT2D eigenvalue weighted by molar-refractivity contribution is 0.794. The highest BCUT2D eigenvalue weighted by Crippen LogP contribution is 2.23. The molecule has 0 bridgehead atoms. The van der Waals surface area contributed by atoms with E-state index in [0.29, 0.717) is 10.3 Å². The Labute approximate surface area is 108 Å². The van der Waals surface area contributed by atoms with Gasteiger partial charge >= 0.3 is 0 Å². The Balaban J connectivity index is 2.79. The highest BCUT2D eigenvalue weighted by Gasteiger charge is 2.09. The fourth-order valence-electron chi connectivity index (χ4n) is 1.19. The van der Waals surface area contributed by atoms with E-state index >= 15 is 0 Å². The summed E-state index contributed by atoms with van der Waals surface area (Å²) < 4.78 is 1.17. The molecule has 0 unspecified atom stereocenters. The van der Waals surface area contributed by atoms with Gasteiger partial charge in [0.2, 0.25) is 0 Å². The van der Waals surface area contributed by atoms with E-state index in [4.69, 9.17) is 23.2 Å². The molecule has 0 N–H and O–H groups in total. The summed E-state index contributed by atoms with van der Waals surface area (Å²) in [7, 11) is 0. The molecule has 1 aromatic rings. The Bertz CT molecular complexity index is 318. The third kappa shape index (κ3) is 3.21. The number of aromatic nitrogens is 2. The Morgan fingerprint density at radius 3 is 2.43 bits per heavy atom. The topological polar surface area (TPSA) is 25.8 Å². The van der Waals surface area contributed by atoms with Gasteiger partial charge in [-0.1, -0.05) is 45.8 Å². The van der Waals surface area contributed by atoms with Crippen molar-refractivity contribution in [2.45, 2.75) is 26.2 Å². The van der Waals surface area contributed by atoms with Crippen LogP contribution in [0.1, 0.15) is 24.0 Å². The molecule has 0 aliphatic carbocycles. The number of unbranched alkanes of at least 4 members (excludes halogenated alkanes) is 1. The van der Waals surface area contributed by atoms with Gasteiger partial charge in [-0.25, -0.2) is 0 Å². The zero-order chi connectivity index (χ0) is 10.6. The second kappa shape index (κ2) is 6.08. The van der Waals surface area contributed by atoms with Crippen LogP contribution < -0.4 is 0 Å². The van der Waals surface area contributed by atoms with Gasteiger partial charge in [0.25, 0.3) is 0 Å². The minimum Gasteiger partial charge on any atom is -0.137 e. The minimum absolute atomic E-state index is 0.457. The van der Waals surface area contributed by atoms with Crippen LogP contribution in [-0.2, 0) is 6.42 Å². The van der Waals surface area contributed by atoms with E-state index in [1.807, 2.05) is 6.92 Å². The molecule has 0 aliphatic rings. The van der Waals surface area contributed by atoms with Crippen molar-refractivity contribution < 1.29 is 0 Å². The second-order valence-electron chi connectivity index (χ2n) is 3.03. The summed E-state index contributed by atoms with van der Waals surface area (Å²) in [5, 5.41) is 8.49. The zero-order valence-corrected chi connectivity index (χ0v) is 11.5. The summed E-state index contributed by atoms with van der Waals surface area (Å²) in [6.07, 6.45) is 3.24. The van der Waals surface area contributed by atoms with Crippen LogP contribution in [0.2, 0.25) is 10.3 Å². The maximum atomic E-state index is 5.95. The largest absolute Gasteiger partial charge is 0.155 e. The summed E-state index contributed by atoms with van der Waals surface area (Å²) in [5.41, 5.74) is 2.00. The fraction of sp³-hybridized carbons (Fsp3) is 0.556. The molecule has 14 heavy (non-hydrogen) atoms. The Hall–Kier alpha value is 0.390. The van der Waals surface area contributed by atoms with Crippen LogP contribution >= 0.6 is 45.8 Å². The van der Waals surface area contributed by atoms with Crippen molar-refractivity contribution >= 4 is 45.8 Å². The molecular weight excluding hydrogens is 334 g/mol. The van der Waals surface area contributed by atoms with Crippen molar-refractivity contribution in [2.75, 3.05) is 4.43 Å². The summed E-state index contributed by atoms with van der Waals surface area (Å²) in [5.74, 6) is 0. The van der Waals surface area contributed by atoms with Crippen molar-refractivity contribution in [1.82, 2.24) is 10.2 Å². The number of rotatable bonds is 4. The second-order valence-corrected chi connectivity index (χ2v) is 4.83. The molecule has 0 atom stereocenters. The van der Waals surface area contributed by atoms with Gasteiger partial charge in [-0.3, -0.25) is 0 Å². The number of nitrogens with zero attached hydrogens (tertiary/aromatic N) is 2. The predicted octanol–water partition coefficient (Wildman–Crippen LogP) is 3.85. The van der Waals surface area contributed by atoms with Crippen LogP contribution in [0.4, 0.5) is 0 Å². The van der Waals surface area contributed by atoms with Crippen LogP contribution in [0.25, 0.3) is 0 Å². The Morgan fingerprint density at radius 2 is 1.79 bits per heavy atom. The van der Waals surface area contributed by atoms with E-state index in [1.54, 1.807) is 0 Å². The molecule has 0 fully saturated rings. The maximum absolute atomic E-state index is 5.95. The number of alkyl halides is 1. The van der Waals surface area contributed by atoms with Gasteiger partial charge in [-0.15, -0.1) is 10.2 Å². The van der Waals surface area contributed by atoms with E-state index in [0.717, 1.165) is 24.0 Å². The molecule has 0 saturated heterocycles. The highest BCUT2D eigenvalue weighted by atomic mass is 127. The molecular formula is C9H11Cl2IN2. The van der Waals surface area contributed by atoms with E-state index in [-0.39, 0.29) is 0 Å². The molecule has 0 aromatic carbocycles. The first-order valence-corrected chi connectivity index (χ1v) is 6.68. The van der Waals surface area contributed by atoms with Crippen molar-refractivity contribution in [3.05, 3.63) is 21.4 Å². The zero-order valence-electron chi connectivity index (χ0n) is 7.86. The van der Waals surface area contributed by atoms with Crippen molar-refractivity contribution in [2.24, 2.45) is 0 Å². The predicted molar refractivity (Wildman–Crippen MR) is 68.6 cm³/mol. The average Bonchev–Trinajstić information content (AvgIpc) is 2.18. The maximum Gasteiger partial charge on any atom is 0.155 e. The van der Waals surface area contributed by atoms with Gasteiger partial charge in [0.15, 0.2) is 10.3 Å². The number of hydrogen-bond donors (Lipinski definition) is 0. The van der Waals surface area contributed by atoms with E-state index in [1.165, 1.54) is 10.8 Å². The van der Waals surface area contributed by atoms with Crippen molar-refractivity contribution in [3.8, 4) is 0 Å².